The van der Waals surface area contributed by atoms with E-state index in [1.165, 1.54) is 11.3 Å². The normalized spacial score (nSPS) is 13.9. The van der Waals surface area contributed by atoms with E-state index < -0.39 is 16.1 Å². The van der Waals surface area contributed by atoms with E-state index in [-0.39, 0.29) is 11.4 Å². The summed E-state index contributed by atoms with van der Waals surface area (Å²) in [6.45, 7) is 2.09. The van der Waals surface area contributed by atoms with Crippen LogP contribution in [0.4, 0.5) is 0 Å². The van der Waals surface area contributed by atoms with E-state index in [9.17, 15) is 13.5 Å². The lowest BCUT2D eigenvalue weighted by Gasteiger charge is -2.08. The number of halogens is 2. The molecule has 0 aliphatic carbocycles. The molecule has 1 aromatic rings. The highest BCUT2D eigenvalue weighted by molar-refractivity contribution is 9.12. The van der Waals surface area contributed by atoms with Crippen LogP contribution in [-0.4, -0.2) is 26.2 Å². The standard InChI is InChI=1S/C9H13Br2NO3S2/c1-2-6(13)3-4-12-17(14,15)7-5-8(10)16-9(7)11/h5-6,12-13H,2-4H2,1H3. The first kappa shape index (κ1) is 15.6. The predicted octanol–water partition coefficient (Wildman–Crippen LogP) is 2.71. The van der Waals surface area contributed by atoms with Crippen molar-refractivity contribution in [2.75, 3.05) is 6.54 Å². The first-order chi connectivity index (χ1) is 7.86. The van der Waals surface area contributed by atoms with Gasteiger partial charge in [-0.2, -0.15) is 0 Å². The molecule has 8 heteroatoms. The Balaban J connectivity index is 2.66. The second-order valence-electron chi connectivity index (χ2n) is 3.44. The molecule has 4 nitrogen and oxygen atoms in total. The summed E-state index contributed by atoms with van der Waals surface area (Å²) < 4.78 is 27.6. The number of rotatable bonds is 6. The number of hydrogen-bond acceptors (Lipinski definition) is 4. The van der Waals surface area contributed by atoms with Gasteiger partial charge in [-0.1, -0.05) is 6.92 Å². The molecule has 0 aliphatic heterocycles. The summed E-state index contributed by atoms with van der Waals surface area (Å²) in [5, 5.41) is 9.33. The smallest absolute Gasteiger partial charge is 0.242 e. The van der Waals surface area contributed by atoms with Crippen LogP contribution in [-0.2, 0) is 10.0 Å². The van der Waals surface area contributed by atoms with Gasteiger partial charge in [-0.3, -0.25) is 0 Å². The lowest BCUT2D eigenvalue weighted by Crippen LogP contribution is -2.27. The summed E-state index contributed by atoms with van der Waals surface area (Å²) in [7, 11) is -3.50. The molecule has 0 fully saturated rings. The molecular formula is C9H13Br2NO3S2. The van der Waals surface area contributed by atoms with Crippen molar-refractivity contribution in [3.63, 3.8) is 0 Å². The third-order valence-electron chi connectivity index (χ3n) is 2.16. The van der Waals surface area contributed by atoms with Gasteiger partial charge in [0.15, 0.2) is 0 Å². The van der Waals surface area contributed by atoms with Crippen molar-refractivity contribution >= 4 is 53.2 Å². The average molecular weight is 407 g/mol. The molecule has 1 heterocycles. The molecule has 0 aliphatic rings. The van der Waals surface area contributed by atoms with Crippen molar-refractivity contribution in [2.45, 2.75) is 30.8 Å². The average Bonchev–Trinajstić information content (AvgIpc) is 2.58. The first-order valence-electron chi connectivity index (χ1n) is 4.99. The van der Waals surface area contributed by atoms with Gasteiger partial charge in [-0.15, -0.1) is 11.3 Å². The first-order valence-corrected chi connectivity index (χ1v) is 8.88. The fourth-order valence-corrected chi connectivity index (χ4v) is 6.01. The van der Waals surface area contributed by atoms with Crippen LogP contribution in [0.3, 0.4) is 0 Å². The lowest BCUT2D eigenvalue weighted by atomic mass is 10.2. The maximum Gasteiger partial charge on any atom is 0.242 e. The van der Waals surface area contributed by atoms with Crippen LogP contribution in [0.2, 0.25) is 0 Å². The van der Waals surface area contributed by atoms with Crippen LogP contribution < -0.4 is 4.72 Å². The highest BCUT2D eigenvalue weighted by Crippen LogP contribution is 2.34. The molecule has 2 N–H and O–H groups in total. The van der Waals surface area contributed by atoms with Gasteiger partial charge < -0.3 is 5.11 Å². The molecule has 0 aromatic carbocycles. The molecule has 17 heavy (non-hydrogen) atoms. The van der Waals surface area contributed by atoms with Crippen LogP contribution >= 0.6 is 43.2 Å². The Kier molecular flexibility index (Phi) is 6.07. The van der Waals surface area contributed by atoms with Gasteiger partial charge >= 0.3 is 0 Å². The maximum absolute atomic E-state index is 11.9. The maximum atomic E-state index is 11.9. The van der Waals surface area contributed by atoms with E-state index >= 15 is 0 Å². The molecule has 0 saturated carbocycles. The topological polar surface area (TPSA) is 66.4 Å². The van der Waals surface area contributed by atoms with Crippen LogP contribution in [0.15, 0.2) is 18.5 Å². The van der Waals surface area contributed by atoms with Crippen molar-refractivity contribution in [3.05, 3.63) is 13.6 Å². The Morgan fingerprint density at radius 2 is 2.18 bits per heavy atom. The van der Waals surface area contributed by atoms with Crippen molar-refractivity contribution in [2.24, 2.45) is 0 Å². The molecule has 1 rings (SSSR count). The van der Waals surface area contributed by atoms with Crippen molar-refractivity contribution in [3.8, 4) is 0 Å². The lowest BCUT2D eigenvalue weighted by molar-refractivity contribution is 0.162. The Morgan fingerprint density at radius 3 is 2.65 bits per heavy atom. The summed E-state index contributed by atoms with van der Waals surface area (Å²) in [5.41, 5.74) is 0. The summed E-state index contributed by atoms with van der Waals surface area (Å²) in [6, 6.07) is 1.55. The van der Waals surface area contributed by atoms with E-state index in [4.69, 9.17) is 0 Å². The summed E-state index contributed by atoms with van der Waals surface area (Å²) in [6.07, 6.45) is 0.573. The Labute approximate surface area is 122 Å². The molecule has 0 radical (unpaired) electrons. The number of aliphatic hydroxyl groups is 1. The Hall–Kier alpha value is 0.530. The molecule has 1 unspecified atom stereocenters. The van der Waals surface area contributed by atoms with E-state index in [0.29, 0.717) is 16.6 Å². The van der Waals surface area contributed by atoms with Gasteiger partial charge in [0.05, 0.1) is 13.7 Å². The summed E-state index contributed by atoms with van der Waals surface area (Å²) in [5.74, 6) is 0. The minimum Gasteiger partial charge on any atom is -0.393 e. The SMILES string of the molecule is CCC(O)CCNS(=O)(=O)c1cc(Br)sc1Br. The number of aliphatic hydroxyl groups excluding tert-OH is 1. The second kappa shape index (κ2) is 6.63. The number of thiophene rings is 1. The van der Waals surface area contributed by atoms with Crippen molar-refractivity contribution < 1.29 is 13.5 Å². The van der Waals surface area contributed by atoms with Crippen LogP contribution in [0.25, 0.3) is 0 Å². The Bertz CT molecular complexity index is 473. The highest BCUT2D eigenvalue weighted by atomic mass is 79.9. The van der Waals surface area contributed by atoms with E-state index in [2.05, 4.69) is 36.6 Å². The monoisotopic (exact) mass is 405 g/mol. The third kappa shape index (κ3) is 4.60. The van der Waals surface area contributed by atoms with Gasteiger partial charge in [0, 0.05) is 6.54 Å². The molecule has 0 saturated heterocycles. The fourth-order valence-electron chi connectivity index (χ4n) is 1.15. The quantitative estimate of drug-likeness (QED) is 0.763. The van der Waals surface area contributed by atoms with Crippen molar-refractivity contribution in [1.29, 1.82) is 0 Å². The zero-order chi connectivity index (χ0) is 13.1. The Morgan fingerprint density at radius 1 is 1.53 bits per heavy atom. The number of sulfonamides is 1. The zero-order valence-electron chi connectivity index (χ0n) is 9.11. The van der Waals surface area contributed by atoms with Crippen LogP contribution in [0, 0.1) is 0 Å². The third-order valence-corrected chi connectivity index (χ3v) is 6.37. The number of hydrogen-bond donors (Lipinski definition) is 2. The molecule has 98 valence electrons. The second-order valence-corrected chi connectivity index (χ2v) is 8.92. The van der Waals surface area contributed by atoms with E-state index in [1.54, 1.807) is 6.07 Å². The molecule has 0 bridgehead atoms. The largest absolute Gasteiger partial charge is 0.393 e. The molecule has 1 aromatic heterocycles. The van der Waals surface area contributed by atoms with E-state index in [1.807, 2.05) is 6.92 Å². The van der Waals surface area contributed by atoms with Gasteiger partial charge in [-0.25, -0.2) is 13.1 Å². The summed E-state index contributed by atoms with van der Waals surface area (Å²) in [4.78, 5) is 0.223. The molecule has 0 amide bonds. The molecular weight excluding hydrogens is 394 g/mol. The minimum absolute atomic E-state index is 0.223. The van der Waals surface area contributed by atoms with Crippen LogP contribution in [0.1, 0.15) is 19.8 Å². The van der Waals surface area contributed by atoms with Crippen LogP contribution in [0.5, 0.6) is 0 Å². The highest BCUT2D eigenvalue weighted by Gasteiger charge is 2.20. The minimum atomic E-state index is -3.50. The van der Waals surface area contributed by atoms with Gasteiger partial charge in [0.25, 0.3) is 0 Å². The predicted molar refractivity (Wildman–Crippen MR) is 75.8 cm³/mol. The van der Waals surface area contributed by atoms with Crippen molar-refractivity contribution in [1.82, 2.24) is 4.72 Å². The van der Waals surface area contributed by atoms with E-state index in [0.717, 1.165) is 3.79 Å². The van der Waals surface area contributed by atoms with Gasteiger partial charge in [0.1, 0.15) is 4.90 Å². The zero-order valence-corrected chi connectivity index (χ0v) is 13.9. The van der Waals surface area contributed by atoms with Gasteiger partial charge in [-0.05, 0) is 50.8 Å². The molecule has 1 atom stereocenters. The molecule has 0 spiro atoms. The van der Waals surface area contributed by atoms with Gasteiger partial charge in [0.2, 0.25) is 10.0 Å². The summed E-state index contributed by atoms with van der Waals surface area (Å²) >= 11 is 7.75. The fraction of sp³-hybridized carbons (Fsp3) is 0.556. The number of nitrogens with one attached hydrogen (secondary N) is 1.